The molecule has 4 nitrogen and oxygen atoms in total. The number of aromatic nitrogens is 2. The molecule has 0 aliphatic rings. The fraction of sp³-hybridized carbons (Fsp3) is 0.0417. The lowest BCUT2D eigenvalue weighted by molar-refractivity contribution is 0.102. The van der Waals surface area contributed by atoms with Crippen molar-refractivity contribution in [2.24, 2.45) is 0 Å². The summed E-state index contributed by atoms with van der Waals surface area (Å²) in [6.45, 7) is 2.07. The highest BCUT2D eigenvalue weighted by Crippen LogP contribution is 2.31. The number of fused-ring (bicyclic) bond motifs is 1. The molecule has 0 fully saturated rings. The van der Waals surface area contributed by atoms with Crippen molar-refractivity contribution in [1.29, 1.82) is 0 Å². The molecule has 3 heterocycles. The van der Waals surface area contributed by atoms with Gasteiger partial charge in [0.25, 0.3) is 5.91 Å². The third-order valence-electron chi connectivity index (χ3n) is 4.75. The Kier molecular flexibility index (Phi) is 4.86. The van der Waals surface area contributed by atoms with Gasteiger partial charge in [-0.3, -0.25) is 10.1 Å². The molecule has 1 N–H and O–H groups in total. The van der Waals surface area contributed by atoms with E-state index >= 15 is 0 Å². The first-order chi connectivity index (χ1) is 14.7. The minimum absolute atomic E-state index is 0.183. The van der Waals surface area contributed by atoms with Gasteiger partial charge in [-0.05, 0) is 31.2 Å². The van der Waals surface area contributed by atoms with E-state index in [1.54, 1.807) is 11.3 Å². The van der Waals surface area contributed by atoms with E-state index in [0.29, 0.717) is 10.7 Å². The van der Waals surface area contributed by atoms with Crippen LogP contribution in [0.3, 0.4) is 0 Å². The van der Waals surface area contributed by atoms with Crippen LogP contribution in [0.15, 0.2) is 78.2 Å². The summed E-state index contributed by atoms with van der Waals surface area (Å²) < 4.78 is 0. The second-order valence-electron chi connectivity index (χ2n) is 6.84. The fourth-order valence-electron chi connectivity index (χ4n) is 3.30. The zero-order chi connectivity index (χ0) is 20.5. The largest absolute Gasteiger partial charge is 0.298 e. The molecule has 0 aliphatic heterocycles. The first kappa shape index (κ1) is 18.7. The maximum Gasteiger partial charge on any atom is 0.258 e. The highest BCUT2D eigenvalue weighted by molar-refractivity contribution is 7.15. The van der Waals surface area contributed by atoms with Crippen molar-refractivity contribution in [1.82, 2.24) is 9.97 Å². The van der Waals surface area contributed by atoms with E-state index < -0.39 is 0 Å². The number of hydrogen-bond donors (Lipinski definition) is 1. The summed E-state index contributed by atoms with van der Waals surface area (Å²) in [5, 5.41) is 6.33. The number of hydrogen-bond acceptors (Lipinski definition) is 5. The number of carbonyl (C=O) groups excluding carboxylic acids is 1. The van der Waals surface area contributed by atoms with Gasteiger partial charge in [-0.15, -0.1) is 22.7 Å². The second kappa shape index (κ2) is 7.82. The van der Waals surface area contributed by atoms with Crippen LogP contribution in [0.25, 0.3) is 32.7 Å². The SMILES string of the molecule is Cc1ccc(-c2cc(C(=O)Nc3nc(-c4ccccc4)cs3)c3ccccc3n2)s1. The molecule has 3 aromatic heterocycles. The summed E-state index contributed by atoms with van der Waals surface area (Å²) in [4.78, 5) is 24.8. The number of amides is 1. The molecule has 146 valence electrons. The number of para-hydroxylation sites is 1. The van der Waals surface area contributed by atoms with Crippen molar-refractivity contribution in [3.63, 3.8) is 0 Å². The predicted molar refractivity (Wildman–Crippen MR) is 125 cm³/mol. The minimum atomic E-state index is -0.183. The van der Waals surface area contributed by atoms with Crippen LogP contribution in [0.2, 0.25) is 0 Å². The lowest BCUT2D eigenvalue weighted by atomic mass is 10.1. The molecule has 0 saturated heterocycles. The van der Waals surface area contributed by atoms with Gasteiger partial charge in [-0.25, -0.2) is 9.97 Å². The van der Waals surface area contributed by atoms with E-state index in [-0.39, 0.29) is 5.91 Å². The van der Waals surface area contributed by atoms with Crippen molar-refractivity contribution < 1.29 is 4.79 Å². The average molecular weight is 428 g/mol. The van der Waals surface area contributed by atoms with Crippen LogP contribution in [0.5, 0.6) is 0 Å². The van der Waals surface area contributed by atoms with Crippen LogP contribution in [-0.2, 0) is 0 Å². The number of thiazole rings is 1. The van der Waals surface area contributed by atoms with Gasteiger partial charge < -0.3 is 0 Å². The number of aryl methyl sites for hydroxylation is 1. The number of anilines is 1. The van der Waals surface area contributed by atoms with Crippen LogP contribution < -0.4 is 5.32 Å². The van der Waals surface area contributed by atoms with Crippen LogP contribution in [0, 0.1) is 6.92 Å². The summed E-state index contributed by atoms with van der Waals surface area (Å²) in [5.41, 5.74) is 4.08. The predicted octanol–water partition coefficient (Wildman–Crippen LogP) is 6.65. The van der Waals surface area contributed by atoms with Gasteiger partial charge in [0.05, 0.1) is 27.3 Å². The van der Waals surface area contributed by atoms with Gasteiger partial charge in [0, 0.05) is 21.2 Å². The molecular formula is C24H17N3OS2. The topological polar surface area (TPSA) is 54.9 Å². The smallest absolute Gasteiger partial charge is 0.258 e. The summed E-state index contributed by atoms with van der Waals surface area (Å²) in [5.74, 6) is -0.183. The molecule has 30 heavy (non-hydrogen) atoms. The number of nitrogens with zero attached hydrogens (tertiary/aromatic N) is 2. The van der Waals surface area contributed by atoms with E-state index in [0.717, 1.165) is 32.7 Å². The van der Waals surface area contributed by atoms with E-state index in [1.165, 1.54) is 16.2 Å². The molecular weight excluding hydrogens is 410 g/mol. The van der Waals surface area contributed by atoms with Crippen molar-refractivity contribution in [3.8, 4) is 21.8 Å². The summed E-state index contributed by atoms with van der Waals surface area (Å²) in [6.07, 6.45) is 0. The van der Waals surface area contributed by atoms with Gasteiger partial charge in [0.1, 0.15) is 0 Å². The Morgan fingerprint density at radius 1 is 0.900 bits per heavy atom. The Hall–Kier alpha value is -3.35. The van der Waals surface area contributed by atoms with E-state index in [2.05, 4.69) is 23.3 Å². The lowest BCUT2D eigenvalue weighted by Gasteiger charge is -2.08. The van der Waals surface area contributed by atoms with Crippen LogP contribution in [-0.4, -0.2) is 15.9 Å². The maximum atomic E-state index is 13.2. The molecule has 6 heteroatoms. The Morgan fingerprint density at radius 2 is 1.70 bits per heavy atom. The Balaban J connectivity index is 1.51. The molecule has 0 saturated carbocycles. The first-order valence-electron chi connectivity index (χ1n) is 9.46. The monoisotopic (exact) mass is 427 g/mol. The van der Waals surface area contributed by atoms with Gasteiger partial charge in [-0.1, -0.05) is 48.5 Å². The molecule has 1 amide bonds. The summed E-state index contributed by atoms with van der Waals surface area (Å²) in [6, 6.07) is 23.6. The molecule has 0 unspecified atom stereocenters. The maximum absolute atomic E-state index is 13.2. The molecule has 0 spiro atoms. The van der Waals surface area contributed by atoms with Gasteiger partial charge >= 0.3 is 0 Å². The average Bonchev–Trinajstić information content (AvgIpc) is 3.42. The standard InChI is InChI=1S/C24H17N3OS2/c1-15-11-12-22(30-15)20-13-18(17-9-5-6-10-19(17)25-20)23(28)27-24-26-21(14-29-24)16-7-3-2-4-8-16/h2-14H,1H3,(H,26,27,28). The number of benzene rings is 2. The molecule has 2 aromatic carbocycles. The molecule has 0 radical (unpaired) electrons. The second-order valence-corrected chi connectivity index (χ2v) is 8.99. The van der Waals surface area contributed by atoms with Crippen molar-refractivity contribution >= 4 is 44.6 Å². The highest BCUT2D eigenvalue weighted by Gasteiger charge is 2.16. The number of pyridine rings is 1. The zero-order valence-electron chi connectivity index (χ0n) is 16.1. The third-order valence-corrected chi connectivity index (χ3v) is 6.53. The van der Waals surface area contributed by atoms with Gasteiger partial charge in [0.15, 0.2) is 5.13 Å². The van der Waals surface area contributed by atoms with Gasteiger partial charge in [0.2, 0.25) is 0 Å². The normalized spacial score (nSPS) is 11.0. The quantitative estimate of drug-likeness (QED) is 0.349. The Labute approximate surface area is 181 Å². The highest BCUT2D eigenvalue weighted by atomic mass is 32.1. The Morgan fingerprint density at radius 3 is 2.50 bits per heavy atom. The Bertz CT molecular complexity index is 1360. The third kappa shape index (κ3) is 3.63. The molecule has 0 aliphatic carbocycles. The summed E-state index contributed by atoms with van der Waals surface area (Å²) >= 11 is 3.09. The van der Waals surface area contributed by atoms with E-state index in [9.17, 15) is 4.79 Å². The zero-order valence-corrected chi connectivity index (χ0v) is 17.8. The number of thiophene rings is 1. The molecule has 5 rings (SSSR count). The van der Waals surface area contributed by atoms with Crippen LogP contribution in [0.1, 0.15) is 15.2 Å². The minimum Gasteiger partial charge on any atom is -0.298 e. The van der Waals surface area contributed by atoms with Crippen LogP contribution >= 0.6 is 22.7 Å². The van der Waals surface area contributed by atoms with E-state index in [1.807, 2.05) is 72.1 Å². The van der Waals surface area contributed by atoms with Gasteiger partial charge in [-0.2, -0.15) is 0 Å². The molecule has 0 atom stereocenters. The van der Waals surface area contributed by atoms with Crippen LogP contribution in [0.4, 0.5) is 5.13 Å². The number of rotatable bonds is 4. The first-order valence-corrected chi connectivity index (χ1v) is 11.2. The van der Waals surface area contributed by atoms with E-state index in [4.69, 9.17) is 4.98 Å². The summed E-state index contributed by atoms with van der Waals surface area (Å²) in [7, 11) is 0. The van der Waals surface area contributed by atoms with Crippen molar-refractivity contribution in [2.45, 2.75) is 6.92 Å². The number of carbonyl (C=O) groups is 1. The fourth-order valence-corrected chi connectivity index (χ4v) is 4.84. The van der Waals surface area contributed by atoms with Crippen molar-refractivity contribution in [3.05, 3.63) is 88.6 Å². The van der Waals surface area contributed by atoms with Crippen molar-refractivity contribution in [2.75, 3.05) is 5.32 Å². The molecule has 5 aromatic rings. The molecule has 0 bridgehead atoms. The lowest BCUT2D eigenvalue weighted by Crippen LogP contribution is -2.13. The number of nitrogens with one attached hydrogen (secondary N) is 1.